The standard InChI is InChI=1S/C15H27NO/c17-15-9-4-2-1-3-7-14(15)16-11-10-12-6-5-8-13(12)16/h12-15,17H,1-11H2/t12-,13-,14+,15+/m1/s1. The number of fused-ring (bicyclic) bond motifs is 1. The summed E-state index contributed by atoms with van der Waals surface area (Å²) in [5.41, 5.74) is 0. The molecule has 3 aliphatic rings. The van der Waals surface area contributed by atoms with Gasteiger partial charge in [0.2, 0.25) is 0 Å². The van der Waals surface area contributed by atoms with Crippen molar-refractivity contribution < 1.29 is 5.11 Å². The number of rotatable bonds is 1. The number of hydrogen-bond acceptors (Lipinski definition) is 2. The predicted molar refractivity (Wildman–Crippen MR) is 69.9 cm³/mol. The molecule has 0 spiro atoms. The van der Waals surface area contributed by atoms with Crippen LogP contribution >= 0.6 is 0 Å². The fourth-order valence-corrected chi connectivity index (χ4v) is 4.52. The Morgan fingerprint density at radius 3 is 2.35 bits per heavy atom. The largest absolute Gasteiger partial charge is 0.391 e. The summed E-state index contributed by atoms with van der Waals surface area (Å²) in [6.45, 7) is 1.26. The topological polar surface area (TPSA) is 23.5 Å². The van der Waals surface area contributed by atoms with Crippen LogP contribution in [-0.2, 0) is 0 Å². The molecule has 0 aromatic carbocycles. The molecule has 0 amide bonds. The van der Waals surface area contributed by atoms with Crippen LogP contribution in [0.2, 0.25) is 0 Å². The van der Waals surface area contributed by atoms with Gasteiger partial charge in [-0.2, -0.15) is 0 Å². The van der Waals surface area contributed by atoms with E-state index in [1.54, 1.807) is 0 Å². The Kier molecular flexibility index (Phi) is 3.72. The van der Waals surface area contributed by atoms with E-state index in [-0.39, 0.29) is 6.10 Å². The van der Waals surface area contributed by atoms with Crippen molar-refractivity contribution in [3.8, 4) is 0 Å². The average Bonchev–Trinajstić information content (AvgIpc) is 2.87. The molecule has 0 bridgehead atoms. The van der Waals surface area contributed by atoms with Gasteiger partial charge in [0, 0.05) is 12.1 Å². The quantitative estimate of drug-likeness (QED) is 0.758. The van der Waals surface area contributed by atoms with Crippen LogP contribution in [-0.4, -0.2) is 34.7 Å². The Morgan fingerprint density at radius 1 is 0.706 bits per heavy atom. The lowest BCUT2D eigenvalue weighted by atomic mass is 9.92. The highest BCUT2D eigenvalue weighted by Gasteiger charge is 2.42. The molecule has 1 N–H and O–H groups in total. The SMILES string of the molecule is O[C@H]1CCCCCC[C@@H]1N1CC[C@H]2CCC[C@H]21. The third kappa shape index (κ3) is 2.39. The Balaban J connectivity index is 1.68. The second-order valence-electron chi connectivity index (χ2n) is 6.41. The van der Waals surface area contributed by atoms with Gasteiger partial charge in [-0.1, -0.05) is 32.1 Å². The monoisotopic (exact) mass is 237 g/mol. The van der Waals surface area contributed by atoms with E-state index >= 15 is 0 Å². The highest BCUT2D eigenvalue weighted by atomic mass is 16.3. The molecule has 2 heteroatoms. The van der Waals surface area contributed by atoms with Gasteiger partial charge in [0.25, 0.3) is 0 Å². The molecule has 2 saturated carbocycles. The number of likely N-dealkylation sites (tertiary alicyclic amines) is 1. The van der Waals surface area contributed by atoms with Gasteiger partial charge in [-0.05, 0) is 44.6 Å². The van der Waals surface area contributed by atoms with Crippen molar-refractivity contribution in [3.05, 3.63) is 0 Å². The van der Waals surface area contributed by atoms with E-state index in [0.29, 0.717) is 6.04 Å². The van der Waals surface area contributed by atoms with Crippen molar-refractivity contribution >= 4 is 0 Å². The van der Waals surface area contributed by atoms with E-state index in [2.05, 4.69) is 4.90 Å². The van der Waals surface area contributed by atoms with Crippen molar-refractivity contribution in [3.63, 3.8) is 0 Å². The number of hydrogen-bond donors (Lipinski definition) is 1. The van der Waals surface area contributed by atoms with E-state index in [0.717, 1.165) is 18.4 Å². The molecule has 2 nitrogen and oxygen atoms in total. The van der Waals surface area contributed by atoms with E-state index in [9.17, 15) is 5.11 Å². The first-order valence-electron chi connectivity index (χ1n) is 7.80. The lowest BCUT2D eigenvalue weighted by Gasteiger charge is -2.37. The molecule has 0 aromatic heterocycles. The molecule has 4 atom stereocenters. The summed E-state index contributed by atoms with van der Waals surface area (Å²) in [5, 5.41) is 10.4. The van der Waals surface area contributed by atoms with Crippen LogP contribution in [0.15, 0.2) is 0 Å². The Hall–Kier alpha value is -0.0800. The van der Waals surface area contributed by atoms with Gasteiger partial charge in [0.05, 0.1) is 6.10 Å². The van der Waals surface area contributed by atoms with Crippen LogP contribution in [0.4, 0.5) is 0 Å². The molecule has 1 saturated heterocycles. The normalized spacial score (nSPS) is 44.3. The molecular weight excluding hydrogens is 210 g/mol. The van der Waals surface area contributed by atoms with E-state index in [1.807, 2.05) is 0 Å². The van der Waals surface area contributed by atoms with Crippen LogP contribution < -0.4 is 0 Å². The lowest BCUT2D eigenvalue weighted by molar-refractivity contribution is 0.0226. The van der Waals surface area contributed by atoms with Crippen LogP contribution in [0.5, 0.6) is 0 Å². The highest BCUT2D eigenvalue weighted by molar-refractivity contribution is 4.96. The first kappa shape index (κ1) is 12.0. The molecule has 0 aromatic rings. The van der Waals surface area contributed by atoms with Gasteiger partial charge < -0.3 is 5.11 Å². The summed E-state index contributed by atoms with van der Waals surface area (Å²) < 4.78 is 0. The van der Waals surface area contributed by atoms with Crippen molar-refractivity contribution in [2.75, 3.05) is 6.54 Å². The van der Waals surface area contributed by atoms with Crippen molar-refractivity contribution in [2.24, 2.45) is 5.92 Å². The predicted octanol–water partition coefficient (Wildman–Crippen LogP) is 2.94. The fraction of sp³-hybridized carbons (Fsp3) is 1.00. The molecular formula is C15H27NO. The van der Waals surface area contributed by atoms with E-state index < -0.39 is 0 Å². The number of aliphatic hydroxyl groups is 1. The maximum Gasteiger partial charge on any atom is 0.0695 e. The molecule has 3 rings (SSSR count). The first-order chi connectivity index (χ1) is 8.36. The Morgan fingerprint density at radius 2 is 1.47 bits per heavy atom. The van der Waals surface area contributed by atoms with Crippen molar-refractivity contribution in [1.82, 2.24) is 4.90 Å². The van der Waals surface area contributed by atoms with Gasteiger partial charge >= 0.3 is 0 Å². The number of nitrogens with zero attached hydrogens (tertiary/aromatic N) is 1. The molecule has 3 fully saturated rings. The summed E-state index contributed by atoms with van der Waals surface area (Å²) in [5.74, 6) is 0.965. The molecule has 1 aliphatic heterocycles. The maximum atomic E-state index is 10.4. The summed E-state index contributed by atoms with van der Waals surface area (Å²) in [4.78, 5) is 2.70. The zero-order valence-electron chi connectivity index (χ0n) is 11.0. The fourth-order valence-electron chi connectivity index (χ4n) is 4.52. The van der Waals surface area contributed by atoms with Crippen molar-refractivity contribution in [1.29, 1.82) is 0 Å². The molecule has 0 radical (unpaired) electrons. The minimum atomic E-state index is -0.0466. The van der Waals surface area contributed by atoms with Crippen LogP contribution in [0.25, 0.3) is 0 Å². The van der Waals surface area contributed by atoms with E-state index in [4.69, 9.17) is 0 Å². The highest BCUT2D eigenvalue weighted by Crippen LogP contribution is 2.40. The molecule has 98 valence electrons. The summed E-state index contributed by atoms with van der Waals surface area (Å²) in [6.07, 6.45) is 13.2. The number of aliphatic hydroxyl groups excluding tert-OH is 1. The summed E-state index contributed by atoms with van der Waals surface area (Å²) in [7, 11) is 0. The van der Waals surface area contributed by atoms with Gasteiger partial charge in [0.15, 0.2) is 0 Å². The average molecular weight is 237 g/mol. The summed E-state index contributed by atoms with van der Waals surface area (Å²) >= 11 is 0. The minimum absolute atomic E-state index is 0.0466. The molecule has 2 aliphatic carbocycles. The van der Waals surface area contributed by atoms with Crippen LogP contribution in [0, 0.1) is 5.92 Å². The maximum absolute atomic E-state index is 10.4. The second-order valence-corrected chi connectivity index (χ2v) is 6.41. The first-order valence-corrected chi connectivity index (χ1v) is 7.80. The van der Waals surface area contributed by atoms with Crippen LogP contribution in [0.3, 0.4) is 0 Å². The zero-order chi connectivity index (χ0) is 11.7. The van der Waals surface area contributed by atoms with Gasteiger partial charge in [0.1, 0.15) is 0 Å². The smallest absolute Gasteiger partial charge is 0.0695 e. The molecule has 0 unspecified atom stereocenters. The third-order valence-electron chi connectivity index (χ3n) is 5.42. The Labute approximate surface area is 105 Å². The molecule has 1 heterocycles. The third-order valence-corrected chi connectivity index (χ3v) is 5.42. The second kappa shape index (κ2) is 5.27. The zero-order valence-corrected chi connectivity index (χ0v) is 11.0. The Bertz CT molecular complexity index is 255. The van der Waals surface area contributed by atoms with Crippen molar-refractivity contribution in [2.45, 2.75) is 82.4 Å². The lowest BCUT2D eigenvalue weighted by Crippen LogP contribution is -2.46. The van der Waals surface area contributed by atoms with Crippen LogP contribution in [0.1, 0.15) is 64.2 Å². The van der Waals surface area contributed by atoms with Gasteiger partial charge in [-0.3, -0.25) is 4.90 Å². The van der Waals surface area contributed by atoms with Gasteiger partial charge in [-0.15, -0.1) is 0 Å². The minimum Gasteiger partial charge on any atom is -0.391 e. The van der Waals surface area contributed by atoms with E-state index in [1.165, 1.54) is 64.3 Å². The molecule has 17 heavy (non-hydrogen) atoms. The summed E-state index contributed by atoms with van der Waals surface area (Å²) in [6, 6.07) is 1.32. The van der Waals surface area contributed by atoms with Gasteiger partial charge in [-0.25, -0.2) is 0 Å².